The minimum Gasteiger partial charge on any atom is -0.306 e. The summed E-state index contributed by atoms with van der Waals surface area (Å²) < 4.78 is 13.2. The van der Waals surface area contributed by atoms with Gasteiger partial charge in [0.2, 0.25) is 0 Å². The van der Waals surface area contributed by atoms with E-state index in [1.807, 2.05) is 6.07 Å². The molecular formula is C18H20FN. The molecule has 0 bridgehead atoms. The first-order valence-electron chi connectivity index (χ1n) is 7.30. The van der Waals surface area contributed by atoms with Gasteiger partial charge in [-0.05, 0) is 47.6 Å². The van der Waals surface area contributed by atoms with Crippen LogP contribution in [0, 0.1) is 5.82 Å². The molecule has 3 rings (SSSR count). The van der Waals surface area contributed by atoms with Crippen molar-refractivity contribution < 1.29 is 4.39 Å². The van der Waals surface area contributed by atoms with Crippen LogP contribution in [0.4, 0.5) is 4.39 Å². The van der Waals surface area contributed by atoms with Gasteiger partial charge in [0.15, 0.2) is 0 Å². The third-order valence-corrected chi connectivity index (χ3v) is 4.23. The first-order valence-corrected chi connectivity index (χ1v) is 7.30. The van der Waals surface area contributed by atoms with Crippen LogP contribution in [0.1, 0.15) is 48.4 Å². The summed E-state index contributed by atoms with van der Waals surface area (Å²) in [4.78, 5) is 0. The van der Waals surface area contributed by atoms with E-state index in [-0.39, 0.29) is 5.82 Å². The fourth-order valence-electron chi connectivity index (χ4n) is 3.10. The second kappa shape index (κ2) is 5.76. The second-order valence-corrected chi connectivity index (χ2v) is 5.67. The average Bonchev–Trinajstić information content (AvgIpc) is 2.47. The predicted molar refractivity (Wildman–Crippen MR) is 80.1 cm³/mol. The van der Waals surface area contributed by atoms with Gasteiger partial charge in [0, 0.05) is 12.6 Å². The van der Waals surface area contributed by atoms with Gasteiger partial charge in [0.05, 0.1) is 0 Å². The molecule has 1 aliphatic rings. The van der Waals surface area contributed by atoms with Crippen LogP contribution in [0.2, 0.25) is 0 Å². The molecule has 0 aromatic heterocycles. The maximum atomic E-state index is 13.2. The maximum Gasteiger partial charge on any atom is 0.123 e. The summed E-state index contributed by atoms with van der Waals surface area (Å²) >= 11 is 0. The predicted octanol–water partition coefficient (Wildman–Crippen LogP) is 4.55. The Morgan fingerprint density at radius 3 is 2.65 bits per heavy atom. The molecule has 1 N–H and O–H groups in total. The molecule has 0 radical (unpaired) electrons. The second-order valence-electron chi connectivity index (χ2n) is 5.67. The standard InChI is InChI=1S/C18H20FN/c1-13-9-10-18(17-8-3-2-7-16(13)17)20-12-14-5-4-6-15(19)11-14/h2-8,11,13,18,20H,9-10,12H2,1H3. The van der Waals surface area contributed by atoms with Crippen molar-refractivity contribution in [3.05, 3.63) is 71.0 Å². The lowest BCUT2D eigenvalue weighted by Gasteiger charge is -2.30. The van der Waals surface area contributed by atoms with E-state index in [0.717, 1.165) is 12.0 Å². The van der Waals surface area contributed by atoms with Crippen LogP contribution in [-0.2, 0) is 6.54 Å². The number of nitrogens with one attached hydrogen (secondary N) is 1. The number of hydrogen-bond donors (Lipinski definition) is 1. The van der Waals surface area contributed by atoms with Gasteiger partial charge in [-0.15, -0.1) is 0 Å². The number of fused-ring (bicyclic) bond motifs is 1. The summed E-state index contributed by atoms with van der Waals surface area (Å²) in [6, 6.07) is 15.9. The van der Waals surface area contributed by atoms with Gasteiger partial charge in [-0.1, -0.05) is 43.3 Å². The Labute approximate surface area is 119 Å². The van der Waals surface area contributed by atoms with Crippen LogP contribution >= 0.6 is 0 Å². The first-order chi connectivity index (χ1) is 9.74. The molecule has 0 amide bonds. The van der Waals surface area contributed by atoms with Crippen LogP contribution in [0.15, 0.2) is 48.5 Å². The molecule has 2 aromatic carbocycles. The molecule has 1 aliphatic carbocycles. The van der Waals surface area contributed by atoms with E-state index in [4.69, 9.17) is 0 Å². The number of benzene rings is 2. The third-order valence-electron chi connectivity index (χ3n) is 4.23. The van der Waals surface area contributed by atoms with Crippen molar-refractivity contribution in [1.29, 1.82) is 0 Å². The third kappa shape index (κ3) is 2.75. The fraction of sp³-hybridized carbons (Fsp3) is 0.333. The highest BCUT2D eigenvalue weighted by Crippen LogP contribution is 2.37. The van der Waals surface area contributed by atoms with E-state index >= 15 is 0 Å². The van der Waals surface area contributed by atoms with Crippen molar-refractivity contribution in [2.24, 2.45) is 0 Å². The molecular weight excluding hydrogens is 249 g/mol. The van der Waals surface area contributed by atoms with Crippen LogP contribution in [-0.4, -0.2) is 0 Å². The van der Waals surface area contributed by atoms with Crippen molar-refractivity contribution in [2.45, 2.75) is 38.3 Å². The molecule has 2 aromatic rings. The van der Waals surface area contributed by atoms with Gasteiger partial charge in [-0.25, -0.2) is 4.39 Å². The van der Waals surface area contributed by atoms with Crippen LogP contribution < -0.4 is 5.32 Å². The number of rotatable bonds is 3. The SMILES string of the molecule is CC1CCC(NCc2cccc(F)c2)c2ccccc21. The number of hydrogen-bond acceptors (Lipinski definition) is 1. The molecule has 0 saturated heterocycles. The monoisotopic (exact) mass is 269 g/mol. The molecule has 1 nitrogen and oxygen atoms in total. The molecule has 0 spiro atoms. The summed E-state index contributed by atoms with van der Waals surface area (Å²) in [7, 11) is 0. The summed E-state index contributed by atoms with van der Waals surface area (Å²) in [5.41, 5.74) is 3.86. The minimum atomic E-state index is -0.165. The molecule has 20 heavy (non-hydrogen) atoms. The smallest absolute Gasteiger partial charge is 0.123 e. The Hall–Kier alpha value is -1.67. The van der Waals surface area contributed by atoms with E-state index in [2.05, 4.69) is 36.5 Å². The molecule has 2 atom stereocenters. The Bertz CT molecular complexity index is 593. The summed E-state index contributed by atoms with van der Waals surface area (Å²) in [6.07, 6.45) is 2.35. The van der Waals surface area contributed by atoms with E-state index in [1.165, 1.54) is 23.6 Å². The summed E-state index contributed by atoms with van der Waals surface area (Å²) in [5.74, 6) is 0.473. The molecule has 0 heterocycles. The van der Waals surface area contributed by atoms with Crippen LogP contribution in [0.5, 0.6) is 0 Å². The fourth-order valence-corrected chi connectivity index (χ4v) is 3.10. The van der Waals surface area contributed by atoms with E-state index in [0.29, 0.717) is 18.5 Å². The topological polar surface area (TPSA) is 12.0 Å². The minimum absolute atomic E-state index is 0.165. The Morgan fingerprint density at radius 1 is 1.05 bits per heavy atom. The Kier molecular flexibility index (Phi) is 3.83. The quantitative estimate of drug-likeness (QED) is 0.861. The van der Waals surface area contributed by atoms with Crippen molar-refractivity contribution in [2.75, 3.05) is 0 Å². The zero-order valence-corrected chi connectivity index (χ0v) is 11.8. The average molecular weight is 269 g/mol. The van der Waals surface area contributed by atoms with Crippen molar-refractivity contribution in [1.82, 2.24) is 5.32 Å². The zero-order chi connectivity index (χ0) is 13.9. The highest BCUT2D eigenvalue weighted by atomic mass is 19.1. The first kappa shape index (κ1) is 13.3. The molecule has 104 valence electrons. The highest BCUT2D eigenvalue weighted by molar-refractivity contribution is 5.35. The molecule has 0 aliphatic heterocycles. The highest BCUT2D eigenvalue weighted by Gasteiger charge is 2.23. The molecule has 2 unspecified atom stereocenters. The lowest BCUT2D eigenvalue weighted by Crippen LogP contribution is -2.25. The van der Waals surface area contributed by atoms with Gasteiger partial charge in [0.25, 0.3) is 0 Å². The van der Waals surface area contributed by atoms with Crippen LogP contribution in [0.25, 0.3) is 0 Å². The van der Waals surface area contributed by atoms with E-state index in [1.54, 1.807) is 12.1 Å². The zero-order valence-electron chi connectivity index (χ0n) is 11.8. The largest absolute Gasteiger partial charge is 0.306 e. The summed E-state index contributed by atoms with van der Waals surface area (Å²) in [6.45, 7) is 3.01. The normalized spacial score (nSPS) is 21.5. The summed E-state index contributed by atoms with van der Waals surface area (Å²) in [5, 5.41) is 3.58. The Morgan fingerprint density at radius 2 is 1.85 bits per heavy atom. The van der Waals surface area contributed by atoms with E-state index in [9.17, 15) is 4.39 Å². The number of halogens is 1. The lowest BCUT2D eigenvalue weighted by atomic mass is 9.81. The van der Waals surface area contributed by atoms with Crippen LogP contribution in [0.3, 0.4) is 0 Å². The molecule has 0 saturated carbocycles. The van der Waals surface area contributed by atoms with Crippen molar-refractivity contribution in [3.8, 4) is 0 Å². The van der Waals surface area contributed by atoms with Crippen molar-refractivity contribution >= 4 is 0 Å². The molecule has 0 fully saturated rings. The van der Waals surface area contributed by atoms with E-state index < -0.39 is 0 Å². The maximum absolute atomic E-state index is 13.2. The van der Waals surface area contributed by atoms with Gasteiger partial charge in [-0.3, -0.25) is 0 Å². The van der Waals surface area contributed by atoms with Gasteiger partial charge < -0.3 is 5.32 Å². The van der Waals surface area contributed by atoms with Gasteiger partial charge >= 0.3 is 0 Å². The van der Waals surface area contributed by atoms with Crippen molar-refractivity contribution in [3.63, 3.8) is 0 Å². The van der Waals surface area contributed by atoms with Gasteiger partial charge in [-0.2, -0.15) is 0 Å². The Balaban J connectivity index is 1.74. The lowest BCUT2D eigenvalue weighted by molar-refractivity contribution is 0.431. The van der Waals surface area contributed by atoms with Gasteiger partial charge in [0.1, 0.15) is 5.82 Å². The molecule has 2 heteroatoms.